The lowest BCUT2D eigenvalue weighted by Gasteiger charge is -2.52. The van der Waals surface area contributed by atoms with E-state index in [4.69, 9.17) is 66.3 Å². The Kier molecular flexibility index (Phi) is 18.0. The highest BCUT2D eigenvalue weighted by atomic mass is 16.8. The van der Waals surface area contributed by atoms with Gasteiger partial charge in [0.1, 0.15) is 60.9 Å². The van der Waals surface area contributed by atoms with Crippen LogP contribution in [-0.2, 0) is 86.1 Å². The van der Waals surface area contributed by atoms with Crippen molar-refractivity contribution in [3.8, 4) is 0 Å². The Morgan fingerprint density at radius 3 is 1.56 bits per heavy atom. The van der Waals surface area contributed by atoms with Crippen molar-refractivity contribution in [2.45, 2.75) is 131 Å². The van der Waals surface area contributed by atoms with E-state index in [1.165, 1.54) is 0 Å². The van der Waals surface area contributed by atoms with E-state index in [2.05, 4.69) is 18.5 Å². The van der Waals surface area contributed by atoms with E-state index in [0.717, 1.165) is 32.7 Å². The molecule has 0 aliphatic carbocycles. The summed E-state index contributed by atoms with van der Waals surface area (Å²) in [6, 6.07) is 45.0. The van der Waals surface area contributed by atoms with E-state index in [0.29, 0.717) is 0 Å². The number of rotatable bonds is 20. The molecule has 5 aromatic rings. The summed E-state index contributed by atoms with van der Waals surface area (Å²) in [4.78, 5) is 30.8. The fraction of sp³-hybridized carbons (Fsp3) is 0.410. The summed E-state index contributed by atoms with van der Waals surface area (Å²) < 4.78 is 92.6. The number of nitrogens with one attached hydrogen (secondary N) is 1. The number of amides is 3. The van der Waals surface area contributed by atoms with Crippen molar-refractivity contribution in [3.63, 3.8) is 0 Å². The van der Waals surface area contributed by atoms with E-state index >= 15 is 4.79 Å². The molecule has 6 fully saturated rings. The van der Waals surface area contributed by atoms with Gasteiger partial charge in [0.25, 0.3) is 0 Å². The standard InChI is InChI=1S/C61H66N2O16/c1-4-31-66-57-46(62-60(64)63-47-52(79-61(63)65)50-45(75-58(47)67-32-5-2)37-72-56(77-50)43-29-19-10-20-30-43)51(49-44(74-57)36-71-55(76-49)42-27-17-9-18-28-42)78-59-54(70-35-41-25-15-8-16-26-41)53(69-34-40-23-13-7-14-24-40)48(38(3)73-59)68-33-39-21-11-6-12-22-39/h4-30,38,44-59H,1-2,31-37H2,3H3,(H,62,64)/t38-,44-,45-,46-,47-,48-,49-,50-,51-,52-,53-,54+,55-,56-,57+,58+,59+/m1/s1. The normalized spacial score (nSPS) is 33.1. The first-order valence-electron chi connectivity index (χ1n) is 26.8. The number of fused-ring (bicyclic) bond motifs is 4. The van der Waals surface area contributed by atoms with E-state index in [-0.39, 0.29) is 46.2 Å². The van der Waals surface area contributed by atoms with Gasteiger partial charge in [-0.1, -0.05) is 164 Å². The molecule has 6 aliphatic rings. The third-order valence-corrected chi connectivity index (χ3v) is 14.7. The maximum absolute atomic E-state index is 15.4. The molecule has 0 spiro atoms. The van der Waals surface area contributed by atoms with Gasteiger partial charge in [0.05, 0.1) is 52.4 Å². The van der Waals surface area contributed by atoms with Gasteiger partial charge in [-0.3, -0.25) is 0 Å². The van der Waals surface area contributed by atoms with E-state index in [9.17, 15) is 4.79 Å². The van der Waals surface area contributed by atoms with Crippen LogP contribution in [0, 0.1) is 0 Å². The van der Waals surface area contributed by atoms with Crippen molar-refractivity contribution in [1.82, 2.24) is 10.2 Å². The van der Waals surface area contributed by atoms with Gasteiger partial charge in [0, 0.05) is 11.1 Å². The Morgan fingerprint density at radius 1 is 0.544 bits per heavy atom. The molecule has 0 radical (unpaired) electrons. The molecule has 0 aromatic heterocycles. The zero-order chi connectivity index (χ0) is 54.1. The van der Waals surface area contributed by atoms with Crippen LogP contribution >= 0.6 is 0 Å². The van der Waals surface area contributed by atoms with E-state index in [1.807, 2.05) is 159 Å². The molecule has 11 rings (SSSR count). The lowest BCUT2D eigenvalue weighted by Crippen LogP contribution is -2.71. The molecule has 5 aromatic carbocycles. The summed E-state index contributed by atoms with van der Waals surface area (Å²) in [6.45, 7) is 10.4. The molecule has 0 unspecified atom stereocenters. The molecule has 0 bridgehead atoms. The second-order valence-corrected chi connectivity index (χ2v) is 20.0. The fourth-order valence-electron chi connectivity index (χ4n) is 10.9. The van der Waals surface area contributed by atoms with E-state index < -0.39 is 117 Å². The van der Waals surface area contributed by atoms with Gasteiger partial charge in [0.2, 0.25) is 0 Å². The highest BCUT2D eigenvalue weighted by molar-refractivity contribution is 5.93. The van der Waals surface area contributed by atoms with Crippen molar-refractivity contribution >= 4 is 12.1 Å². The first kappa shape index (κ1) is 54.7. The zero-order valence-corrected chi connectivity index (χ0v) is 43.7. The van der Waals surface area contributed by atoms with Crippen LogP contribution in [0.25, 0.3) is 0 Å². The highest BCUT2D eigenvalue weighted by Gasteiger charge is 2.62. The van der Waals surface area contributed by atoms with E-state index in [1.54, 1.807) is 12.2 Å². The zero-order valence-electron chi connectivity index (χ0n) is 43.7. The van der Waals surface area contributed by atoms with Crippen LogP contribution in [0.3, 0.4) is 0 Å². The summed E-state index contributed by atoms with van der Waals surface area (Å²) >= 11 is 0. The lowest BCUT2D eigenvalue weighted by atomic mass is 9.94. The Morgan fingerprint density at radius 2 is 1.01 bits per heavy atom. The molecule has 3 amide bonds. The summed E-state index contributed by atoms with van der Waals surface area (Å²) in [5, 5.41) is 3.09. The Balaban J connectivity index is 0.949. The quantitative estimate of drug-likeness (QED) is 0.0737. The number of imide groups is 1. The SMILES string of the molecule is C=CCO[C@H]1O[C@@H]2CO[C@@H](c3ccccc3)O[C@H]2[C@H](O[C@@H]2O[C@H](C)[C@@H](OCc3ccccc3)[C@@H](OCc3ccccc3)[C@@H]2OCc2ccccc2)[C@H]1NC(=O)N1C(=O)O[C@H]2[C@@H]3O[C@H](c4ccccc4)OC[C@H]3O[C@H](OCC=C)[C@@H]21. The fourth-order valence-corrected chi connectivity index (χ4v) is 10.9. The van der Waals surface area contributed by atoms with Gasteiger partial charge >= 0.3 is 12.1 Å². The monoisotopic (exact) mass is 1080 g/mol. The lowest BCUT2D eigenvalue weighted by molar-refractivity contribution is -0.381. The average molecular weight is 1080 g/mol. The number of hydrogen-bond donors (Lipinski definition) is 1. The van der Waals surface area contributed by atoms with Gasteiger partial charge < -0.3 is 71.6 Å². The van der Waals surface area contributed by atoms with Gasteiger partial charge in [-0.25, -0.2) is 14.5 Å². The molecule has 6 saturated heterocycles. The van der Waals surface area contributed by atoms with Crippen LogP contribution < -0.4 is 5.32 Å². The minimum atomic E-state index is -1.25. The van der Waals surface area contributed by atoms with Crippen LogP contribution in [0.5, 0.6) is 0 Å². The maximum atomic E-state index is 15.4. The average Bonchev–Trinajstić information content (AvgIpc) is 3.94. The Hall–Kier alpha value is -6.20. The molecule has 6 heterocycles. The third-order valence-electron chi connectivity index (χ3n) is 14.7. The van der Waals surface area contributed by atoms with Crippen molar-refractivity contribution < 1.29 is 75.9 Å². The van der Waals surface area contributed by atoms with Crippen LogP contribution in [-0.4, -0.2) is 135 Å². The van der Waals surface area contributed by atoms with Crippen LogP contribution in [0.15, 0.2) is 177 Å². The molecule has 17 atom stereocenters. The maximum Gasteiger partial charge on any atom is 0.419 e. The first-order valence-corrected chi connectivity index (χ1v) is 26.8. The van der Waals surface area contributed by atoms with Crippen molar-refractivity contribution in [3.05, 3.63) is 205 Å². The first-order chi connectivity index (χ1) is 38.8. The van der Waals surface area contributed by atoms with Crippen molar-refractivity contribution in [1.29, 1.82) is 0 Å². The molecular weight excluding hydrogens is 1020 g/mol. The van der Waals surface area contributed by atoms with Gasteiger partial charge in [-0.05, 0) is 23.6 Å². The second kappa shape index (κ2) is 25.9. The summed E-state index contributed by atoms with van der Waals surface area (Å²) in [5.74, 6) is 0. The molecule has 6 aliphatic heterocycles. The molecular formula is C61H66N2O16. The minimum Gasteiger partial charge on any atom is -0.440 e. The predicted octanol–water partition coefficient (Wildman–Crippen LogP) is 8.22. The van der Waals surface area contributed by atoms with Crippen molar-refractivity contribution in [2.75, 3.05) is 26.4 Å². The summed E-state index contributed by atoms with van der Waals surface area (Å²) in [7, 11) is 0. The van der Waals surface area contributed by atoms with Gasteiger partial charge in [0.15, 0.2) is 37.6 Å². The second-order valence-electron chi connectivity index (χ2n) is 20.0. The number of benzene rings is 5. The molecule has 18 nitrogen and oxygen atoms in total. The number of hydrogen-bond acceptors (Lipinski definition) is 16. The molecule has 18 heteroatoms. The number of nitrogens with zero attached hydrogens (tertiary/aromatic N) is 1. The third kappa shape index (κ3) is 12.6. The number of carbonyl (C=O) groups excluding carboxylic acids is 2. The van der Waals surface area contributed by atoms with Crippen molar-refractivity contribution in [2.24, 2.45) is 0 Å². The number of urea groups is 1. The minimum absolute atomic E-state index is 0.00206. The predicted molar refractivity (Wildman–Crippen MR) is 282 cm³/mol. The Bertz CT molecular complexity index is 2750. The smallest absolute Gasteiger partial charge is 0.419 e. The highest BCUT2D eigenvalue weighted by Crippen LogP contribution is 2.42. The largest absolute Gasteiger partial charge is 0.440 e. The number of carbonyl (C=O) groups is 2. The summed E-state index contributed by atoms with van der Waals surface area (Å²) in [6.07, 6.45) is -11.8. The number of ether oxygens (including phenoxy) is 14. The van der Waals surface area contributed by atoms with Gasteiger partial charge in [-0.2, -0.15) is 0 Å². The molecule has 416 valence electrons. The Labute approximate surface area is 459 Å². The van der Waals surface area contributed by atoms with Gasteiger partial charge in [-0.15, -0.1) is 13.2 Å². The molecule has 79 heavy (non-hydrogen) atoms. The molecule has 1 N–H and O–H groups in total. The topological polar surface area (TPSA) is 179 Å². The van der Waals surface area contributed by atoms with Crippen LogP contribution in [0.1, 0.15) is 47.3 Å². The summed E-state index contributed by atoms with van der Waals surface area (Å²) in [5.41, 5.74) is 4.28. The van der Waals surface area contributed by atoms with Crippen LogP contribution in [0.2, 0.25) is 0 Å². The molecule has 0 saturated carbocycles. The van der Waals surface area contributed by atoms with Crippen LogP contribution in [0.4, 0.5) is 9.59 Å².